The second-order valence-corrected chi connectivity index (χ2v) is 4.34. The van der Waals surface area contributed by atoms with Gasteiger partial charge in [-0.05, 0) is 19.3 Å². The fourth-order valence-corrected chi connectivity index (χ4v) is 1.82. The van der Waals surface area contributed by atoms with Crippen LogP contribution in [0.4, 0.5) is 0 Å². The maximum absolute atomic E-state index is 11.6. The molecule has 0 aliphatic carbocycles. The number of carbonyl (C=O) groups is 3. The summed E-state index contributed by atoms with van der Waals surface area (Å²) in [5.74, 6) is -0.380. The Bertz CT molecular complexity index is 317. The Morgan fingerprint density at radius 3 is 2.78 bits per heavy atom. The van der Waals surface area contributed by atoms with Gasteiger partial charge in [0.15, 0.2) is 0 Å². The van der Waals surface area contributed by atoms with Crippen LogP contribution in [0.2, 0.25) is 0 Å². The van der Waals surface area contributed by atoms with Crippen molar-refractivity contribution in [1.82, 2.24) is 10.6 Å². The fourth-order valence-electron chi connectivity index (χ4n) is 1.82. The highest BCUT2D eigenvalue weighted by Gasteiger charge is 2.26. The summed E-state index contributed by atoms with van der Waals surface area (Å²) >= 11 is 0. The molecule has 1 unspecified atom stereocenters. The average Bonchev–Trinajstić information content (AvgIpc) is 2.79. The molecule has 1 aliphatic heterocycles. The maximum Gasteiger partial charge on any atom is 0.305 e. The Kier molecular flexibility index (Phi) is 6.18. The van der Waals surface area contributed by atoms with Crippen LogP contribution in [0.3, 0.4) is 0 Å². The van der Waals surface area contributed by atoms with Crippen LogP contribution in [0.5, 0.6) is 0 Å². The Labute approximate surface area is 106 Å². The first-order valence-electron chi connectivity index (χ1n) is 6.27. The van der Waals surface area contributed by atoms with E-state index in [9.17, 15) is 14.4 Å². The van der Waals surface area contributed by atoms with Crippen molar-refractivity contribution in [3.63, 3.8) is 0 Å². The first-order valence-corrected chi connectivity index (χ1v) is 6.27. The molecule has 0 radical (unpaired) electrons. The van der Waals surface area contributed by atoms with Gasteiger partial charge in [-0.1, -0.05) is 6.42 Å². The number of unbranched alkanes of at least 4 members (excludes halogenated alkanes) is 2. The molecule has 0 aromatic heterocycles. The van der Waals surface area contributed by atoms with E-state index < -0.39 is 0 Å². The quantitative estimate of drug-likeness (QED) is 0.500. The number of amides is 2. The van der Waals surface area contributed by atoms with Crippen LogP contribution in [-0.4, -0.2) is 37.5 Å². The molecular weight excluding hydrogens is 236 g/mol. The van der Waals surface area contributed by atoms with Gasteiger partial charge in [0.1, 0.15) is 6.04 Å². The number of methoxy groups -OCH3 is 1. The zero-order chi connectivity index (χ0) is 13.4. The molecule has 1 rings (SSSR count). The molecule has 0 bridgehead atoms. The van der Waals surface area contributed by atoms with Gasteiger partial charge in [-0.15, -0.1) is 0 Å². The minimum Gasteiger partial charge on any atom is -0.469 e. The van der Waals surface area contributed by atoms with Crippen molar-refractivity contribution in [2.24, 2.45) is 0 Å². The summed E-state index contributed by atoms with van der Waals surface area (Å²) in [6, 6.07) is -0.368. The van der Waals surface area contributed by atoms with Crippen LogP contribution in [0.15, 0.2) is 0 Å². The molecule has 0 spiro atoms. The zero-order valence-electron chi connectivity index (χ0n) is 10.7. The summed E-state index contributed by atoms with van der Waals surface area (Å²) in [7, 11) is 1.37. The monoisotopic (exact) mass is 256 g/mol. The number of carbonyl (C=O) groups excluding carboxylic acids is 3. The van der Waals surface area contributed by atoms with Crippen LogP contribution in [-0.2, 0) is 19.1 Å². The molecule has 6 nitrogen and oxygen atoms in total. The number of hydrogen-bond acceptors (Lipinski definition) is 4. The first-order chi connectivity index (χ1) is 8.63. The third-order valence-electron chi connectivity index (χ3n) is 2.90. The van der Waals surface area contributed by atoms with Gasteiger partial charge in [0.05, 0.1) is 7.11 Å². The molecule has 1 fully saturated rings. The summed E-state index contributed by atoms with van der Waals surface area (Å²) in [5, 5.41) is 5.39. The number of ether oxygens (including phenoxy) is 1. The Hall–Kier alpha value is -1.59. The van der Waals surface area contributed by atoms with E-state index >= 15 is 0 Å². The van der Waals surface area contributed by atoms with Crippen molar-refractivity contribution in [3.8, 4) is 0 Å². The van der Waals surface area contributed by atoms with E-state index in [0.717, 1.165) is 19.3 Å². The van der Waals surface area contributed by atoms with E-state index in [-0.39, 0.29) is 23.8 Å². The molecule has 0 aromatic rings. The average molecular weight is 256 g/mol. The summed E-state index contributed by atoms with van der Waals surface area (Å²) in [6.45, 7) is 0.576. The van der Waals surface area contributed by atoms with E-state index in [1.165, 1.54) is 7.11 Å². The van der Waals surface area contributed by atoms with E-state index in [2.05, 4.69) is 15.4 Å². The first kappa shape index (κ1) is 14.5. The van der Waals surface area contributed by atoms with Crippen molar-refractivity contribution < 1.29 is 19.1 Å². The van der Waals surface area contributed by atoms with Crippen LogP contribution < -0.4 is 10.6 Å². The SMILES string of the molecule is COC(=O)CCCCCNC(=O)C1CCC(=O)N1. The van der Waals surface area contributed by atoms with E-state index in [4.69, 9.17) is 0 Å². The largest absolute Gasteiger partial charge is 0.469 e. The van der Waals surface area contributed by atoms with Crippen LogP contribution in [0.1, 0.15) is 38.5 Å². The highest BCUT2D eigenvalue weighted by molar-refractivity contribution is 5.90. The van der Waals surface area contributed by atoms with E-state index in [0.29, 0.717) is 25.8 Å². The predicted octanol–water partition coefficient (Wildman–Crippen LogP) is 0.115. The summed E-state index contributed by atoms with van der Waals surface area (Å²) in [4.78, 5) is 33.3. The molecule has 2 amide bonds. The van der Waals surface area contributed by atoms with Gasteiger partial charge in [0.25, 0.3) is 0 Å². The second kappa shape index (κ2) is 7.68. The van der Waals surface area contributed by atoms with Gasteiger partial charge < -0.3 is 15.4 Å². The van der Waals surface area contributed by atoms with Crippen LogP contribution in [0.25, 0.3) is 0 Å². The summed E-state index contributed by atoms with van der Waals surface area (Å²) in [5.41, 5.74) is 0. The van der Waals surface area contributed by atoms with Crippen LogP contribution >= 0.6 is 0 Å². The smallest absolute Gasteiger partial charge is 0.305 e. The lowest BCUT2D eigenvalue weighted by molar-refractivity contribution is -0.140. The zero-order valence-corrected chi connectivity index (χ0v) is 10.7. The van der Waals surface area contributed by atoms with Crippen molar-refractivity contribution in [2.45, 2.75) is 44.6 Å². The minimum atomic E-state index is -0.368. The van der Waals surface area contributed by atoms with Crippen molar-refractivity contribution in [1.29, 1.82) is 0 Å². The number of hydrogen-bond donors (Lipinski definition) is 2. The summed E-state index contributed by atoms with van der Waals surface area (Å²) in [6.07, 6.45) is 3.88. The molecule has 1 heterocycles. The molecule has 2 N–H and O–H groups in total. The van der Waals surface area contributed by atoms with Crippen molar-refractivity contribution >= 4 is 17.8 Å². The van der Waals surface area contributed by atoms with Gasteiger partial charge in [0, 0.05) is 19.4 Å². The topological polar surface area (TPSA) is 84.5 Å². The van der Waals surface area contributed by atoms with Gasteiger partial charge in [-0.3, -0.25) is 14.4 Å². The van der Waals surface area contributed by atoms with Crippen molar-refractivity contribution in [3.05, 3.63) is 0 Å². The molecular formula is C12H20N2O4. The molecule has 18 heavy (non-hydrogen) atoms. The Morgan fingerprint density at radius 2 is 2.17 bits per heavy atom. The molecule has 1 saturated heterocycles. The Balaban J connectivity index is 1.99. The normalized spacial score (nSPS) is 18.3. The van der Waals surface area contributed by atoms with Crippen molar-refractivity contribution in [2.75, 3.05) is 13.7 Å². The second-order valence-electron chi connectivity index (χ2n) is 4.34. The van der Waals surface area contributed by atoms with Gasteiger partial charge >= 0.3 is 5.97 Å². The molecule has 0 saturated carbocycles. The number of nitrogens with one attached hydrogen (secondary N) is 2. The highest BCUT2D eigenvalue weighted by Crippen LogP contribution is 2.06. The van der Waals surface area contributed by atoms with Gasteiger partial charge in [-0.2, -0.15) is 0 Å². The lowest BCUT2D eigenvalue weighted by atomic mass is 10.2. The molecule has 1 aliphatic rings. The highest BCUT2D eigenvalue weighted by atomic mass is 16.5. The van der Waals surface area contributed by atoms with E-state index in [1.54, 1.807) is 0 Å². The van der Waals surface area contributed by atoms with Gasteiger partial charge in [0.2, 0.25) is 11.8 Å². The van der Waals surface area contributed by atoms with Gasteiger partial charge in [-0.25, -0.2) is 0 Å². The standard InChI is InChI=1S/C12H20N2O4/c1-18-11(16)5-3-2-4-8-13-12(17)9-6-7-10(15)14-9/h9H,2-8H2,1H3,(H,13,17)(H,14,15). The third-order valence-corrected chi connectivity index (χ3v) is 2.90. The minimum absolute atomic E-state index is 0.0618. The molecule has 102 valence electrons. The lowest BCUT2D eigenvalue weighted by Crippen LogP contribution is -2.41. The van der Waals surface area contributed by atoms with E-state index in [1.807, 2.05) is 0 Å². The lowest BCUT2D eigenvalue weighted by Gasteiger charge is -2.10. The summed E-state index contributed by atoms with van der Waals surface area (Å²) < 4.78 is 4.52. The van der Waals surface area contributed by atoms with Crippen LogP contribution in [0, 0.1) is 0 Å². The maximum atomic E-state index is 11.6. The molecule has 6 heteroatoms. The third kappa shape index (κ3) is 5.16. The number of rotatable bonds is 7. The predicted molar refractivity (Wildman–Crippen MR) is 64.7 cm³/mol. The fraction of sp³-hybridized carbons (Fsp3) is 0.750. The number of esters is 1. The molecule has 0 aromatic carbocycles. The Morgan fingerprint density at radius 1 is 1.39 bits per heavy atom. The molecule has 1 atom stereocenters.